The lowest BCUT2D eigenvalue weighted by molar-refractivity contribution is 0.186. The molecule has 4 aromatic rings. The fraction of sp³-hybridized carbons (Fsp3) is 0.211. The second-order valence-corrected chi connectivity index (χ2v) is 5.93. The number of nitrogens with zero attached hydrogens (tertiary/aromatic N) is 4. The first-order chi connectivity index (χ1) is 12.2. The third kappa shape index (κ3) is 2.51. The number of methoxy groups -OCH3 is 1. The number of hydrogen-bond donors (Lipinski definition) is 0. The van der Waals surface area contributed by atoms with Crippen molar-refractivity contribution in [3.05, 3.63) is 64.8 Å². The highest BCUT2D eigenvalue weighted by Crippen LogP contribution is 2.28. The number of fused-ring (bicyclic) bond motifs is 3. The van der Waals surface area contributed by atoms with E-state index in [9.17, 15) is 4.79 Å². The van der Waals surface area contributed by atoms with Crippen molar-refractivity contribution >= 4 is 16.6 Å². The lowest BCUT2D eigenvalue weighted by Crippen LogP contribution is -2.22. The molecular formula is C19H18N4O2. The number of pyridine rings is 1. The molecule has 1 aromatic carbocycles. The van der Waals surface area contributed by atoms with Crippen molar-refractivity contribution in [3.8, 4) is 11.1 Å². The van der Waals surface area contributed by atoms with Gasteiger partial charge in [0.25, 0.3) is 5.56 Å². The minimum absolute atomic E-state index is 0.0848. The van der Waals surface area contributed by atoms with Gasteiger partial charge < -0.3 is 9.30 Å². The van der Waals surface area contributed by atoms with Crippen molar-refractivity contribution in [1.82, 2.24) is 19.2 Å². The molecule has 0 radical (unpaired) electrons. The molecule has 0 aliphatic rings. The molecule has 0 saturated carbocycles. The van der Waals surface area contributed by atoms with Gasteiger partial charge in [-0.1, -0.05) is 30.3 Å². The summed E-state index contributed by atoms with van der Waals surface area (Å²) in [5.41, 5.74) is 4.37. The maximum atomic E-state index is 12.7. The average molecular weight is 334 g/mol. The molecule has 0 bridgehead atoms. The van der Waals surface area contributed by atoms with Crippen LogP contribution in [0.15, 0.2) is 53.6 Å². The van der Waals surface area contributed by atoms with Crippen LogP contribution in [0.2, 0.25) is 0 Å². The zero-order chi connectivity index (χ0) is 17.4. The van der Waals surface area contributed by atoms with Gasteiger partial charge in [0.1, 0.15) is 0 Å². The van der Waals surface area contributed by atoms with Crippen LogP contribution in [0.4, 0.5) is 0 Å². The van der Waals surface area contributed by atoms with Gasteiger partial charge in [0.05, 0.1) is 23.2 Å². The third-order valence-corrected chi connectivity index (χ3v) is 4.36. The molecule has 3 aromatic heterocycles. The second kappa shape index (κ2) is 6.14. The number of aryl methyl sites for hydroxylation is 1. The van der Waals surface area contributed by atoms with Crippen LogP contribution in [-0.2, 0) is 11.3 Å². The predicted octanol–water partition coefficient (Wildman–Crippen LogP) is 2.67. The number of aromatic nitrogens is 4. The Labute approximate surface area is 144 Å². The predicted molar refractivity (Wildman–Crippen MR) is 96.8 cm³/mol. The first-order valence-electron chi connectivity index (χ1n) is 8.12. The molecule has 6 nitrogen and oxygen atoms in total. The van der Waals surface area contributed by atoms with Gasteiger partial charge in [-0.2, -0.15) is 5.10 Å². The third-order valence-electron chi connectivity index (χ3n) is 4.36. The van der Waals surface area contributed by atoms with Gasteiger partial charge in [0, 0.05) is 31.6 Å². The smallest absolute Gasteiger partial charge is 0.261 e. The number of benzene rings is 1. The molecule has 4 rings (SSSR count). The van der Waals surface area contributed by atoms with E-state index in [4.69, 9.17) is 4.74 Å². The molecule has 126 valence electrons. The van der Waals surface area contributed by atoms with E-state index in [-0.39, 0.29) is 5.56 Å². The molecule has 0 aliphatic carbocycles. The molecule has 3 heterocycles. The van der Waals surface area contributed by atoms with Crippen molar-refractivity contribution in [2.24, 2.45) is 0 Å². The topological polar surface area (TPSA) is 61.4 Å². The summed E-state index contributed by atoms with van der Waals surface area (Å²) < 4.78 is 8.45. The van der Waals surface area contributed by atoms with Crippen LogP contribution < -0.4 is 5.56 Å². The molecule has 0 N–H and O–H groups in total. The Morgan fingerprint density at radius 1 is 1.16 bits per heavy atom. The van der Waals surface area contributed by atoms with Crippen molar-refractivity contribution < 1.29 is 4.74 Å². The van der Waals surface area contributed by atoms with Gasteiger partial charge in [-0.05, 0) is 18.6 Å². The molecule has 6 heteroatoms. The molecule has 0 fully saturated rings. The lowest BCUT2D eigenvalue weighted by Gasteiger charge is -2.07. The van der Waals surface area contributed by atoms with Gasteiger partial charge in [-0.3, -0.25) is 4.79 Å². The number of rotatable bonds is 4. The largest absolute Gasteiger partial charge is 0.383 e. The Hall–Kier alpha value is -2.99. The summed E-state index contributed by atoms with van der Waals surface area (Å²) in [6, 6.07) is 12.0. The molecule has 0 saturated heterocycles. The van der Waals surface area contributed by atoms with E-state index in [1.54, 1.807) is 28.6 Å². The Morgan fingerprint density at radius 3 is 2.72 bits per heavy atom. The fourth-order valence-corrected chi connectivity index (χ4v) is 3.12. The fourth-order valence-electron chi connectivity index (χ4n) is 3.12. The second-order valence-electron chi connectivity index (χ2n) is 5.93. The van der Waals surface area contributed by atoms with Crippen LogP contribution in [0, 0.1) is 6.92 Å². The SMILES string of the molecule is COCCn1ccc2c(cnc3c(-c4ccccc4)c(C)nn32)c1=O. The van der Waals surface area contributed by atoms with Crippen molar-refractivity contribution in [3.63, 3.8) is 0 Å². The summed E-state index contributed by atoms with van der Waals surface area (Å²) >= 11 is 0. The van der Waals surface area contributed by atoms with Crippen LogP contribution in [-0.4, -0.2) is 32.9 Å². The van der Waals surface area contributed by atoms with Crippen LogP contribution in [0.3, 0.4) is 0 Å². The van der Waals surface area contributed by atoms with Crippen LogP contribution in [0.25, 0.3) is 27.7 Å². The Bertz CT molecular complexity index is 1110. The van der Waals surface area contributed by atoms with Gasteiger partial charge in [-0.15, -0.1) is 0 Å². The van der Waals surface area contributed by atoms with Gasteiger partial charge in [0.15, 0.2) is 5.65 Å². The van der Waals surface area contributed by atoms with E-state index < -0.39 is 0 Å². The molecule has 0 atom stereocenters. The summed E-state index contributed by atoms with van der Waals surface area (Å²) in [5, 5.41) is 5.18. The summed E-state index contributed by atoms with van der Waals surface area (Å²) in [5.74, 6) is 0. The highest BCUT2D eigenvalue weighted by Gasteiger charge is 2.15. The van der Waals surface area contributed by atoms with E-state index in [2.05, 4.69) is 10.1 Å². The first-order valence-corrected chi connectivity index (χ1v) is 8.12. The van der Waals surface area contributed by atoms with Crippen molar-refractivity contribution in [2.45, 2.75) is 13.5 Å². The first kappa shape index (κ1) is 15.5. The van der Waals surface area contributed by atoms with Gasteiger partial charge in [-0.25, -0.2) is 9.50 Å². The van der Waals surface area contributed by atoms with Crippen LogP contribution in [0.5, 0.6) is 0 Å². The van der Waals surface area contributed by atoms with E-state index in [1.807, 2.05) is 43.3 Å². The van der Waals surface area contributed by atoms with Crippen molar-refractivity contribution in [2.75, 3.05) is 13.7 Å². The molecule has 0 aliphatic heterocycles. The van der Waals surface area contributed by atoms with Gasteiger partial charge in [0.2, 0.25) is 0 Å². The monoisotopic (exact) mass is 334 g/mol. The summed E-state index contributed by atoms with van der Waals surface area (Å²) in [6.45, 7) is 2.96. The van der Waals surface area contributed by atoms with E-state index in [0.29, 0.717) is 18.5 Å². The minimum atomic E-state index is -0.0848. The summed E-state index contributed by atoms with van der Waals surface area (Å²) in [7, 11) is 1.62. The van der Waals surface area contributed by atoms with E-state index >= 15 is 0 Å². The molecule has 0 amide bonds. The van der Waals surface area contributed by atoms with E-state index in [1.165, 1.54) is 0 Å². The number of ether oxygens (including phenoxy) is 1. The van der Waals surface area contributed by atoms with E-state index in [0.717, 1.165) is 28.0 Å². The summed E-state index contributed by atoms with van der Waals surface area (Å²) in [6.07, 6.45) is 3.42. The van der Waals surface area contributed by atoms with Crippen LogP contribution in [0.1, 0.15) is 5.69 Å². The maximum absolute atomic E-state index is 12.7. The van der Waals surface area contributed by atoms with Gasteiger partial charge >= 0.3 is 0 Å². The molecule has 0 unspecified atom stereocenters. The Balaban J connectivity index is 1.97. The Kier molecular flexibility index (Phi) is 3.82. The van der Waals surface area contributed by atoms with Crippen LogP contribution >= 0.6 is 0 Å². The highest BCUT2D eigenvalue weighted by molar-refractivity contribution is 5.86. The summed E-state index contributed by atoms with van der Waals surface area (Å²) in [4.78, 5) is 17.2. The molecule has 0 spiro atoms. The zero-order valence-corrected chi connectivity index (χ0v) is 14.1. The standard InChI is InChI=1S/C19H18N4O2/c1-13-17(14-6-4-3-5-7-14)18-20-12-15-16(23(18)21-13)8-9-22(19(15)24)10-11-25-2/h3-9,12H,10-11H2,1-2H3. The Morgan fingerprint density at radius 2 is 1.96 bits per heavy atom. The van der Waals surface area contributed by atoms with Crippen molar-refractivity contribution in [1.29, 1.82) is 0 Å². The molecular weight excluding hydrogens is 316 g/mol. The minimum Gasteiger partial charge on any atom is -0.383 e. The lowest BCUT2D eigenvalue weighted by atomic mass is 10.1. The highest BCUT2D eigenvalue weighted by atomic mass is 16.5. The average Bonchev–Trinajstić information content (AvgIpc) is 2.98. The maximum Gasteiger partial charge on any atom is 0.261 e. The number of hydrogen-bond acceptors (Lipinski definition) is 4. The quantitative estimate of drug-likeness (QED) is 0.576. The normalized spacial score (nSPS) is 11.4. The zero-order valence-electron chi connectivity index (χ0n) is 14.1. The molecule has 25 heavy (non-hydrogen) atoms.